The molecule has 1 fully saturated rings. The molecule has 2 aromatic rings. The highest BCUT2D eigenvalue weighted by molar-refractivity contribution is 7.88. The first-order valence-corrected chi connectivity index (χ1v) is 10.2. The van der Waals surface area contributed by atoms with Gasteiger partial charge in [0.05, 0.1) is 6.26 Å². The number of rotatable bonds is 6. The number of hydrogen-bond donors (Lipinski definition) is 1. The molecule has 1 saturated heterocycles. The first-order chi connectivity index (χ1) is 12.4. The summed E-state index contributed by atoms with van der Waals surface area (Å²) >= 11 is 0. The van der Waals surface area contributed by atoms with Gasteiger partial charge in [0, 0.05) is 49.9 Å². The summed E-state index contributed by atoms with van der Waals surface area (Å²) in [5.41, 5.74) is 0.792. The topological polar surface area (TPSA) is 118 Å². The molecular weight excluding hydrogens is 358 g/mol. The van der Waals surface area contributed by atoms with Crippen molar-refractivity contribution in [1.29, 1.82) is 0 Å². The number of hydrogen-bond acceptors (Lipinski definition) is 7. The molecule has 3 rings (SSSR count). The maximum atomic E-state index is 12.2. The van der Waals surface area contributed by atoms with E-state index in [1.165, 1.54) is 10.6 Å². The van der Waals surface area contributed by atoms with Crippen LogP contribution in [0.2, 0.25) is 0 Å². The highest BCUT2D eigenvalue weighted by Gasteiger charge is 2.28. The largest absolute Gasteiger partial charge is 0.421 e. The zero-order valence-corrected chi connectivity index (χ0v) is 15.3. The maximum Gasteiger partial charge on any atom is 0.247 e. The Morgan fingerprint density at radius 2 is 1.96 bits per heavy atom. The molecule has 0 bridgehead atoms. The Morgan fingerprint density at radius 1 is 1.27 bits per heavy atom. The van der Waals surface area contributed by atoms with Crippen LogP contribution in [-0.4, -0.2) is 59.7 Å². The zero-order valence-electron chi connectivity index (χ0n) is 14.5. The second-order valence-corrected chi connectivity index (χ2v) is 8.20. The third-order valence-corrected chi connectivity index (χ3v) is 5.63. The van der Waals surface area contributed by atoms with Gasteiger partial charge >= 0.3 is 0 Å². The monoisotopic (exact) mass is 379 g/mol. The van der Waals surface area contributed by atoms with Crippen LogP contribution in [0.4, 0.5) is 0 Å². The van der Waals surface area contributed by atoms with Crippen LogP contribution >= 0.6 is 0 Å². The second-order valence-electron chi connectivity index (χ2n) is 6.21. The number of nitrogens with zero attached hydrogens (tertiary/aromatic N) is 4. The number of pyridine rings is 1. The molecule has 26 heavy (non-hydrogen) atoms. The van der Waals surface area contributed by atoms with E-state index < -0.39 is 10.0 Å². The van der Waals surface area contributed by atoms with Gasteiger partial charge in [-0.3, -0.25) is 9.78 Å². The molecule has 2 aromatic heterocycles. The Bertz CT molecular complexity index is 845. The maximum absolute atomic E-state index is 12.2. The number of carbonyl (C=O) groups excluding carboxylic acids is 1. The molecule has 1 amide bonds. The van der Waals surface area contributed by atoms with Crippen LogP contribution in [0.1, 0.15) is 18.7 Å². The van der Waals surface area contributed by atoms with Gasteiger partial charge in [0.1, 0.15) is 0 Å². The van der Waals surface area contributed by atoms with Crippen LogP contribution < -0.4 is 5.32 Å². The molecular formula is C16H21N5O4S. The third-order valence-electron chi connectivity index (χ3n) is 4.33. The van der Waals surface area contributed by atoms with Crippen molar-refractivity contribution in [1.82, 2.24) is 24.8 Å². The van der Waals surface area contributed by atoms with Gasteiger partial charge in [0.25, 0.3) is 0 Å². The van der Waals surface area contributed by atoms with Gasteiger partial charge < -0.3 is 9.73 Å². The summed E-state index contributed by atoms with van der Waals surface area (Å²) in [5, 5.41) is 10.8. The van der Waals surface area contributed by atoms with Crippen LogP contribution in [-0.2, 0) is 21.2 Å². The average molecular weight is 379 g/mol. The van der Waals surface area contributed by atoms with E-state index in [1.807, 2.05) is 0 Å². The second kappa shape index (κ2) is 7.92. The van der Waals surface area contributed by atoms with E-state index in [-0.39, 0.29) is 11.8 Å². The molecule has 1 N–H and O–H groups in total. The quantitative estimate of drug-likeness (QED) is 0.774. The van der Waals surface area contributed by atoms with Crippen molar-refractivity contribution in [2.75, 3.05) is 25.9 Å². The minimum Gasteiger partial charge on any atom is -0.421 e. The normalized spacial score (nSPS) is 16.5. The number of nitrogens with one attached hydrogen (secondary N) is 1. The SMILES string of the molecule is CS(=O)(=O)N1CCC(C(=O)NCCc2nnc(-c3ccncc3)o2)CC1. The van der Waals surface area contributed by atoms with Gasteiger partial charge in [-0.25, -0.2) is 12.7 Å². The third kappa shape index (κ3) is 4.64. The fourth-order valence-electron chi connectivity index (χ4n) is 2.85. The van der Waals surface area contributed by atoms with Crippen molar-refractivity contribution in [2.45, 2.75) is 19.3 Å². The Labute approximate surface area is 151 Å². The lowest BCUT2D eigenvalue weighted by molar-refractivity contribution is -0.126. The number of aromatic nitrogens is 3. The highest BCUT2D eigenvalue weighted by Crippen LogP contribution is 2.19. The summed E-state index contributed by atoms with van der Waals surface area (Å²) in [4.78, 5) is 16.2. The fourth-order valence-corrected chi connectivity index (χ4v) is 3.73. The summed E-state index contributed by atoms with van der Waals surface area (Å²) in [6, 6.07) is 3.56. The van der Waals surface area contributed by atoms with E-state index in [4.69, 9.17) is 4.42 Å². The molecule has 1 aliphatic rings. The molecule has 1 aliphatic heterocycles. The van der Waals surface area contributed by atoms with Gasteiger partial charge in [-0.2, -0.15) is 0 Å². The van der Waals surface area contributed by atoms with Gasteiger partial charge in [0.15, 0.2) is 0 Å². The summed E-state index contributed by atoms with van der Waals surface area (Å²) in [6.07, 6.45) is 5.99. The minimum atomic E-state index is -3.18. The number of sulfonamides is 1. The Balaban J connectivity index is 1.44. The highest BCUT2D eigenvalue weighted by atomic mass is 32.2. The summed E-state index contributed by atoms with van der Waals surface area (Å²) in [6.45, 7) is 1.16. The molecule has 0 unspecified atom stereocenters. The van der Waals surface area contributed by atoms with Gasteiger partial charge in [-0.05, 0) is 25.0 Å². The molecule has 0 aromatic carbocycles. The Hall–Kier alpha value is -2.33. The smallest absolute Gasteiger partial charge is 0.247 e. The van der Waals surface area contributed by atoms with Crippen molar-refractivity contribution < 1.29 is 17.6 Å². The first-order valence-electron chi connectivity index (χ1n) is 8.39. The molecule has 0 saturated carbocycles. The van der Waals surface area contributed by atoms with Crippen molar-refractivity contribution in [2.24, 2.45) is 5.92 Å². The van der Waals surface area contributed by atoms with Crippen molar-refractivity contribution in [3.05, 3.63) is 30.4 Å². The van der Waals surface area contributed by atoms with Crippen molar-refractivity contribution in [3.8, 4) is 11.5 Å². The predicted octanol–water partition coefficient (Wildman–Crippen LogP) is 0.462. The molecule has 0 atom stereocenters. The van der Waals surface area contributed by atoms with Gasteiger partial charge in [-0.1, -0.05) is 0 Å². The lowest BCUT2D eigenvalue weighted by Crippen LogP contribution is -2.42. The Kier molecular flexibility index (Phi) is 5.62. The van der Waals surface area contributed by atoms with Gasteiger partial charge in [-0.15, -0.1) is 10.2 Å². The molecule has 3 heterocycles. The molecule has 140 valence electrons. The number of amides is 1. The average Bonchev–Trinajstić information content (AvgIpc) is 3.11. The lowest BCUT2D eigenvalue weighted by atomic mass is 9.97. The van der Waals surface area contributed by atoms with Crippen LogP contribution in [0, 0.1) is 5.92 Å². The minimum absolute atomic E-state index is 0.0629. The van der Waals surface area contributed by atoms with Crippen molar-refractivity contribution in [3.63, 3.8) is 0 Å². The fraction of sp³-hybridized carbons (Fsp3) is 0.500. The van der Waals surface area contributed by atoms with Crippen molar-refractivity contribution >= 4 is 15.9 Å². The Morgan fingerprint density at radius 3 is 2.62 bits per heavy atom. The number of piperidine rings is 1. The van der Waals surface area contributed by atoms with E-state index in [1.54, 1.807) is 24.5 Å². The summed E-state index contributed by atoms with van der Waals surface area (Å²) in [7, 11) is -3.18. The predicted molar refractivity (Wildman–Crippen MR) is 93.4 cm³/mol. The lowest BCUT2D eigenvalue weighted by Gasteiger charge is -2.29. The summed E-state index contributed by atoms with van der Waals surface area (Å²) < 4.78 is 30.0. The first kappa shape index (κ1) is 18.5. The zero-order chi connectivity index (χ0) is 18.6. The van der Waals surface area contributed by atoms with E-state index in [2.05, 4.69) is 20.5 Å². The molecule has 9 nitrogen and oxygen atoms in total. The van der Waals surface area contributed by atoms with E-state index in [0.29, 0.717) is 50.7 Å². The number of carbonyl (C=O) groups is 1. The van der Waals surface area contributed by atoms with Gasteiger partial charge in [0.2, 0.25) is 27.7 Å². The van der Waals surface area contributed by atoms with Crippen LogP contribution in [0.3, 0.4) is 0 Å². The van der Waals surface area contributed by atoms with E-state index in [0.717, 1.165) is 5.56 Å². The van der Waals surface area contributed by atoms with E-state index in [9.17, 15) is 13.2 Å². The molecule has 0 radical (unpaired) electrons. The summed E-state index contributed by atoms with van der Waals surface area (Å²) in [5.74, 6) is 0.640. The molecule has 0 aliphatic carbocycles. The molecule has 0 spiro atoms. The van der Waals surface area contributed by atoms with Crippen LogP contribution in [0.15, 0.2) is 28.9 Å². The standard InChI is InChI=1S/C16H21N5O4S/c1-26(23,24)21-10-5-12(6-11-21)15(22)18-9-4-14-19-20-16(25-14)13-2-7-17-8-3-13/h2-3,7-8,12H,4-6,9-11H2,1H3,(H,18,22). The van der Waals surface area contributed by atoms with E-state index >= 15 is 0 Å². The van der Waals surface area contributed by atoms with Crippen LogP contribution in [0.5, 0.6) is 0 Å². The van der Waals surface area contributed by atoms with Crippen LogP contribution in [0.25, 0.3) is 11.5 Å². The molecule has 10 heteroatoms.